The van der Waals surface area contributed by atoms with Crippen LogP contribution in [0.2, 0.25) is 0 Å². The van der Waals surface area contributed by atoms with Crippen molar-refractivity contribution in [2.75, 3.05) is 0 Å². The molecular weight excluding hydrogens is 264 g/mol. The van der Waals surface area contributed by atoms with Crippen molar-refractivity contribution in [3.63, 3.8) is 0 Å². The maximum Gasteiger partial charge on any atom is 0.341 e. The summed E-state index contributed by atoms with van der Waals surface area (Å²) >= 11 is 0. The van der Waals surface area contributed by atoms with Crippen molar-refractivity contribution >= 4 is 17.9 Å². The van der Waals surface area contributed by atoms with Crippen LogP contribution < -0.4 is 0 Å². The van der Waals surface area contributed by atoms with Crippen molar-refractivity contribution in [3.8, 4) is 0 Å². The minimum atomic E-state index is -1.21. The number of aryl methyl sites for hydroxylation is 1. The fourth-order valence-electron chi connectivity index (χ4n) is 1.55. The minimum Gasteiger partial charge on any atom is -0.478 e. The molecule has 0 fully saturated rings. The van der Waals surface area contributed by atoms with Gasteiger partial charge < -0.3 is 14.9 Å². The second-order valence-electron chi connectivity index (χ2n) is 4.01. The molecule has 1 heterocycles. The van der Waals surface area contributed by atoms with E-state index in [4.69, 9.17) is 10.2 Å². The highest BCUT2D eigenvalue weighted by atomic mass is 16.5. The highest BCUT2D eigenvalue weighted by Gasteiger charge is 2.18. The normalized spacial score (nSPS) is 12.3. The van der Waals surface area contributed by atoms with Crippen molar-refractivity contribution in [2.24, 2.45) is 0 Å². The molecule has 106 valence electrons. The highest BCUT2D eigenvalue weighted by Crippen LogP contribution is 2.15. The van der Waals surface area contributed by atoms with E-state index in [-0.39, 0.29) is 17.1 Å². The Kier molecular flexibility index (Phi) is 5.02. The maximum atomic E-state index is 10.8. The molecule has 0 atom stereocenters. The topological polar surface area (TPSA) is 101 Å². The molecule has 0 aliphatic carbocycles. The summed E-state index contributed by atoms with van der Waals surface area (Å²) in [7, 11) is 0. The molecular formula is C14H14O6. The third-order valence-corrected chi connectivity index (χ3v) is 2.64. The molecule has 1 aromatic carbocycles. The summed E-state index contributed by atoms with van der Waals surface area (Å²) in [6.45, 7) is 3.50. The first-order chi connectivity index (χ1) is 9.38. The van der Waals surface area contributed by atoms with Crippen LogP contribution in [0.1, 0.15) is 40.1 Å². The molecule has 2 N–H and O–H groups in total. The zero-order valence-electron chi connectivity index (χ0n) is 11.0. The van der Waals surface area contributed by atoms with Crippen LogP contribution >= 0.6 is 0 Å². The monoisotopic (exact) mass is 278 g/mol. The highest BCUT2D eigenvalue weighted by molar-refractivity contribution is 6.02. The van der Waals surface area contributed by atoms with Crippen molar-refractivity contribution in [2.45, 2.75) is 20.3 Å². The van der Waals surface area contributed by atoms with Crippen LogP contribution in [0, 0.1) is 0 Å². The van der Waals surface area contributed by atoms with Crippen LogP contribution in [0.25, 0.3) is 0 Å². The Labute approximate surface area is 115 Å². The molecule has 1 aliphatic heterocycles. The Morgan fingerprint density at radius 3 is 2.10 bits per heavy atom. The Morgan fingerprint density at radius 2 is 1.80 bits per heavy atom. The van der Waals surface area contributed by atoms with Crippen LogP contribution in [-0.2, 0) is 16.0 Å². The number of benzene rings is 1. The molecule has 20 heavy (non-hydrogen) atoms. The van der Waals surface area contributed by atoms with Crippen molar-refractivity contribution < 1.29 is 29.3 Å². The Morgan fingerprint density at radius 1 is 1.20 bits per heavy atom. The van der Waals surface area contributed by atoms with Crippen LogP contribution in [0.4, 0.5) is 0 Å². The molecule has 0 unspecified atom stereocenters. The fourth-order valence-corrected chi connectivity index (χ4v) is 1.55. The van der Waals surface area contributed by atoms with Gasteiger partial charge in [-0.2, -0.15) is 0 Å². The molecule has 6 nitrogen and oxygen atoms in total. The van der Waals surface area contributed by atoms with Crippen LogP contribution in [0.15, 0.2) is 30.0 Å². The summed E-state index contributed by atoms with van der Waals surface area (Å²) in [5, 5.41) is 17.6. The average molecular weight is 278 g/mol. The number of carbonyl (C=O) groups is 3. The Hall–Kier alpha value is -2.63. The van der Waals surface area contributed by atoms with E-state index >= 15 is 0 Å². The number of aromatic carboxylic acids is 2. The number of cyclic esters (lactones) is 1. The van der Waals surface area contributed by atoms with Gasteiger partial charge in [0.2, 0.25) is 0 Å². The molecule has 0 radical (unpaired) electrons. The largest absolute Gasteiger partial charge is 0.478 e. The van der Waals surface area contributed by atoms with Gasteiger partial charge in [0.15, 0.2) is 0 Å². The first-order valence-electron chi connectivity index (χ1n) is 5.84. The number of hydrogen-bond acceptors (Lipinski definition) is 4. The van der Waals surface area contributed by atoms with E-state index in [9.17, 15) is 14.4 Å². The number of esters is 1. The second kappa shape index (κ2) is 6.51. The first-order valence-corrected chi connectivity index (χ1v) is 5.84. The van der Waals surface area contributed by atoms with Crippen LogP contribution in [0.3, 0.4) is 0 Å². The molecule has 0 amide bonds. The van der Waals surface area contributed by atoms with E-state index in [0.717, 1.165) is 0 Å². The lowest BCUT2D eigenvalue weighted by Crippen LogP contribution is -2.10. The van der Waals surface area contributed by atoms with Crippen molar-refractivity contribution in [1.29, 1.82) is 0 Å². The smallest absolute Gasteiger partial charge is 0.341 e. The van der Waals surface area contributed by atoms with Gasteiger partial charge in [0.05, 0.1) is 16.7 Å². The summed E-state index contributed by atoms with van der Waals surface area (Å²) in [6, 6.07) is 4.47. The number of ether oxygens (including phenoxy) is 1. The zero-order valence-corrected chi connectivity index (χ0v) is 11.0. The summed E-state index contributed by atoms with van der Waals surface area (Å²) in [6.07, 6.45) is 1.94. The predicted molar refractivity (Wildman–Crippen MR) is 69.6 cm³/mol. The van der Waals surface area contributed by atoms with Crippen LogP contribution in [0.5, 0.6) is 0 Å². The van der Waals surface area contributed by atoms with Gasteiger partial charge in [-0.1, -0.05) is 19.1 Å². The van der Waals surface area contributed by atoms with E-state index in [1.54, 1.807) is 26.0 Å². The van der Waals surface area contributed by atoms with Gasteiger partial charge in [-0.25, -0.2) is 14.4 Å². The van der Waals surface area contributed by atoms with E-state index in [1.165, 1.54) is 12.3 Å². The van der Waals surface area contributed by atoms with E-state index in [2.05, 4.69) is 4.74 Å². The molecule has 0 saturated carbocycles. The lowest BCUT2D eigenvalue weighted by Gasteiger charge is -2.06. The van der Waals surface area contributed by atoms with Gasteiger partial charge >= 0.3 is 17.9 Å². The first kappa shape index (κ1) is 15.4. The quantitative estimate of drug-likeness (QED) is 0.821. The third-order valence-electron chi connectivity index (χ3n) is 2.64. The molecule has 1 aliphatic rings. The standard InChI is InChI=1S/C10H10O4.C4H4O2/c1-2-6-4-3-5-7(9(11)12)8(6)10(13)14;1-3-2-6-4(3)5/h3-5H,2H2,1H3,(H,11,12)(H,13,14);2H,1H3. The molecule has 0 spiro atoms. The number of carboxylic acid groups (broad SMARTS) is 2. The zero-order chi connectivity index (χ0) is 15.3. The van der Waals surface area contributed by atoms with Gasteiger partial charge in [-0.05, 0) is 25.0 Å². The predicted octanol–water partition coefficient (Wildman–Crippen LogP) is 2.09. The second-order valence-corrected chi connectivity index (χ2v) is 4.01. The van der Waals surface area contributed by atoms with Gasteiger partial charge in [0.1, 0.15) is 6.26 Å². The molecule has 0 bridgehead atoms. The molecule has 0 saturated heterocycles. The summed E-state index contributed by atoms with van der Waals surface area (Å²) in [5.41, 5.74) is 0.978. The number of rotatable bonds is 3. The SMILES string of the molecule is CC1=COC1=O.CCc1cccc(C(=O)O)c1C(=O)O. The molecule has 6 heteroatoms. The summed E-state index contributed by atoms with van der Waals surface area (Å²) in [5.74, 6) is -2.60. The number of carbonyl (C=O) groups excluding carboxylic acids is 1. The van der Waals surface area contributed by atoms with Crippen molar-refractivity contribution in [3.05, 3.63) is 46.7 Å². The lowest BCUT2D eigenvalue weighted by atomic mass is 9.99. The van der Waals surface area contributed by atoms with Gasteiger partial charge in [-0.3, -0.25) is 0 Å². The third kappa shape index (κ3) is 3.44. The fraction of sp³-hybridized carbons (Fsp3) is 0.214. The molecule has 1 aromatic rings. The minimum absolute atomic E-state index is 0.109. The van der Waals surface area contributed by atoms with E-state index in [0.29, 0.717) is 17.6 Å². The van der Waals surface area contributed by atoms with Gasteiger partial charge in [-0.15, -0.1) is 0 Å². The molecule has 2 rings (SSSR count). The Balaban J connectivity index is 0.000000276. The summed E-state index contributed by atoms with van der Waals surface area (Å²) in [4.78, 5) is 31.5. The van der Waals surface area contributed by atoms with Gasteiger partial charge in [0.25, 0.3) is 0 Å². The van der Waals surface area contributed by atoms with Crippen molar-refractivity contribution in [1.82, 2.24) is 0 Å². The maximum absolute atomic E-state index is 10.8. The number of hydrogen-bond donors (Lipinski definition) is 2. The molecule has 0 aromatic heterocycles. The van der Waals surface area contributed by atoms with Gasteiger partial charge in [0, 0.05) is 0 Å². The van der Waals surface area contributed by atoms with E-state index in [1.807, 2.05) is 0 Å². The number of carboxylic acids is 2. The van der Waals surface area contributed by atoms with E-state index < -0.39 is 11.9 Å². The average Bonchev–Trinajstić information content (AvgIpc) is 2.44. The summed E-state index contributed by atoms with van der Waals surface area (Å²) < 4.78 is 4.24. The Bertz CT molecular complexity index is 585. The lowest BCUT2D eigenvalue weighted by molar-refractivity contribution is -0.138. The van der Waals surface area contributed by atoms with Crippen LogP contribution in [-0.4, -0.2) is 28.1 Å².